The molecule has 0 radical (unpaired) electrons. The molecule has 72 valence electrons. The van der Waals surface area contributed by atoms with Gasteiger partial charge in [-0.2, -0.15) is 13.2 Å². The van der Waals surface area contributed by atoms with Crippen molar-refractivity contribution in [2.24, 2.45) is 0 Å². The van der Waals surface area contributed by atoms with Crippen LogP contribution in [0.1, 0.15) is 11.1 Å². The second kappa shape index (κ2) is 3.76. The molecule has 0 heterocycles. The zero-order valence-electron chi connectivity index (χ0n) is 6.54. The predicted molar refractivity (Wildman–Crippen MR) is 56.6 cm³/mol. The number of rotatable bonds is 0. The maximum atomic E-state index is 12.4. The van der Waals surface area contributed by atoms with E-state index in [9.17, 15) is 13.2 Å². The van der Waals surface area contributed by atoms with E-state index in [4.69, 9.17) is 0 Å². The average molecular weight is 365 g/mol. The van der Waals surface area contributed by atoms with Crippen molar-refractivity contribution in [1.82, 2.24) is 0 Å². The Labute approximate surface area is 95.8 Å². The predicted octanol–water partition coefficient (Wildman–Crippen LogP) is 4.38. The molecular weight excluding hydrogens is 360 g/mol. The monoisotopic (exact) mass is 364 g/mol. The van der Waals surface area contributed by atoms with Gasteiger partial charge in [0.15, 0.2) is 0 Å². The second-order valence-corrected chi connectivity index (χ2v) is 4.64. The third-order valence-corrected chi connectivity index (χ3v) is 3.19. The minimum Gasteiger partial charge on any atom is -0.166 e. The molecule has 0 aliphatic heterocycles. The van der Waals surface area contributed by atoms with E-state index in [-0.39, 0.29) is 5.56 Å². The summed E-state index contributed by atoms with van der Waals surface area (Å²) in [5.74, 6) is 0. The van der Waals surface area contributed by atoms with E-state index in [2.05, 4.69) is 15.9 Å². The van der Waals surface area contributed by atoms with Crippen molar-refractivity contribution in [2.75, 3.05) is 0 Å². The smallest absolute Gasteiger partial charge is 0.166 e. The van der Waals surface area contributed by atoms with Gasteiger partial charge in [-0.3, -0.25) is 0 Å². The molecule has 0 saturated carbocycles. The number of hydrogen-bond acceptors (Lipinski definition) is 0. The highest BCUT2D eigenvalue weighted by molar-refractivity contribution is 14.1. The first-order valence-corrected chi connectivity index (χ1v) is 5.22. The summed E-state index contributed by atoms with van der Waals surface area (Å²) in [4.78, 5) is 0. The minimum atomic E-state index is -4.27. The number of alkyl halides is 3. The first-order chi connectivity index (χ1) is 5.82. The molecule has 1 aromatic carbocycles. The summed E-state index contributed by atoms with van der Waals surface area (Å²) < 4.78 is 38.2. The number of hydrogen-bond donors (Lipinski definition) is 0. The summed E-state index contributed by atoms with van der Waals surface area (Å²) in [7, 11) is 0. The molecule has 0 bridgehead atoms. The van der Waals surface area contributed by atoms with Crippen LogP contribution in [0.25, 0.3) is 0 Å². The molecule has 1 rings (SSSR count). The van der Waals surface area contributed by atoms with Crippen molar-refractivity contribution < 1.29 is 13.2 Å². The third kappa shape index (κ3) is 2.59. The van der Waals surface area contributed by atoms with Gasteiger partial charge in [-0.25, -0.2) is 0 Å². The molecule has 0 atom stereocenters. The molecule has 5 heteroatoms. The number of benzene rings is 1. The van der Waals surface area contributed by atoms with E-state index in [1.54, 1.807) is 6.07 Å². The van der Waals surface area contributed by atoms with E-state index in [0.717, 1.165) is 6.07 Å². The van der Waals surface area contributed by atoms with Crippen LogP contribution in [0.5, 0.6) is 0 Å². The standard InChI is InChI=1S/C8H5BrF3I/c1-4-6(8(10,11)12)2-5(9)3-7(4)13/h2-3H,1H3. The lowest BCUT2D eigenvalue weighted by atomic mass is 10.1. The molecule has 0 aliphatic carbocycles. The van der Waals surface area contributed by atoms with Gasteiger partial charge in [-0.05, 0) is 47.2 Å². The van der Waals surface area contributed by atoms with Crippen LogP contribution in [0.4, 0.5) is 13.2 Å². The summed E-state index contributed by atoms with van der Waals surface area (Å²) in [5.41, 5.74) is -0.303. The quantitative estimate of drug-likeness (QED) is 0.599. The lowest BCUT2D eigenvalue weighted by Crippen LogP contribution is -2.08. The van der Waals surface area contributed by atoms with Crippen molar-refractivity contribution in [2.45, 2.75) is 13.1 Å². The van der Waals surface area contributed by atoms with E-state index in [0.29, 0.717) is 8.04 Å². The SMILES string of the molecule is Cc1c(I)cc(Br)cc1C(F)(F)F. The molecule has 0 fully saturated rings. The van der Waals surface area contributed by atoms with Crippen molar-refractivity contribution >= 4 is 38.5 Å². The lowest BCUT2D eigenvalue weighted by Gasteiger charge is -2.11. The highest BCUT2D eigenvalue weighted by atomic mass is 127. The van der Waals surface area contributed by atoms with Gasteiger partial charge in [0.05, 0.1) is 5.56 Å². The fourth-order valence-electron chi connectivity index (χ4n) is 0.940. The van der Waals surface area contributed by atoms with Crippen molar-refractivity contribution in [3.05, 3.63) is 31.3 Å². The maximum absolute atomic E-state index is 12.4. The highest BCUT2D eigenvalue weighted by Crippen LogP contribution is 2.35. The Hall–Kier alpha value is 0.220. The van der Waals surface area contributed by atoms with E-state index >= 15 is 0 Å². The van der Waals surface area contributed by atoms with Crippen LogP contribution in [0.3, 0.4) is 0 Å². The molecule has 0 N–H and O–H groups in total. The summed E-state index contributed by atoms with van der Waals surface area (Å²) in [6.45, 7) is 1.47. The van der Waals surface area contributed by atoms with E-state index < -0.39 is 11.7 Å². The Morgan fingerprint density at radius 3 is 2.31 bits per heavy atom. The van der Waals surface area contributed by atoms with Gasteiger partial charge in [0.1, 0.15) is 0 Å². The molecule has 0 amide bonds. The van der Waals surface area contributed by atoms with E-state index in [1.165, 1.54) is 6.92 Å². The fraction of sp³-hybridized carbons (Fsp3) is 0.250. The Morgan fingerprint density at radius 1 is 1.31 bits per heavy atom. The lowest BCUT2D eigenvalue weighted by molar-refractivity contribution is -0.138. The zero-order chi connectivity index (χ0) is 10.2. The Bertz CT molecular complexity index is 333. The summed E-state index contributed by atoms with van der Waals surface area (Å²) in [5, 5.41) is 0. The Balaban J connectivity index is 3.37. The molecule has 0 unspecified atom stereocenters. The molecular formula is C8H5BrF3I. The first kappa shape index (κ1) is 11.3. The van der Waals surface area contributed by atoms with Gasteiger partial charge in [-0.15, -0.1) is 0 Å². The minimum absolute atomic E-state index is 0.274. The van der Waals surface area contributed by atoms with Gasteiger partial charge < -0.3 is 0 Å². The Kier molecular flexibility index (Phi) is 3.27. The van der Waals surface area contributed by atoms with Crippen LogP contribution in [-0.4, -0.2) is 0 Å². The highest BCUT2D eigenvalue weighted by Gasteiger charge is 2.33. The molecule has 0 nitrogen and oxygen atoms in total. The molecule has 0 aromatic heterocycles. The summed E-state index contributed by atoms with van der Waals surface area (Å²) in [6.07, 6.45) is -4.27. The molecule has 0 aliphatic rings. The summed E-state index contributed by atoms with van der Waals surface area (Å²) >= 11 is 4.92. The van der Waals surface area contributed by atoms with Crippen molar-refractivity contribution in [3.63, 3.8) is 0 Å². The molecule has 1 aromatic rings. The first-order valence-electron chi connectivity index (χ1n) is 3.35. The van der Waals surface area contributed by atoms with Crippen LogP contribution < -0.4 is 0 Å². The zero-order valence-corrected chi connectivity index (χ0v) is 10.3. The van der Waals surface area contributed by atoms with Crippen molar-refractivity contribution in [1.29, 1.82) is 0 Å². The Morgan fingerprint density at radius 2 is 1.85 bits per heavy atom. The summed E-state index contributed by atoms with van der Waals surface area (Å²) in [6, 6.07) is 2.75. The second-order valence-electron chi connectivity index (χ2n) is 2.56. The third-order valence-electron chi connectivity index (χ3n) is 1.61. The van der Waals surface area contributed by atoms with Crippen LogP contribution in [0.2, 0.25) is 0 Å². The number of halogens is 5. The van der Waals surface area contributed by atoms with Gasteiger partial charge in [0, 0.05) is 8.04 Å². The molecule has 13 heavy (non-hydrogen) atoms. The van der Waals surface area contributed by atoms with Crippen LogP contribution in [-0.2, 0) is 6.18 Å². The van der Waals surface area contributed by atoms with Gasteiger partial charge in [-0.1, -0.05) is 15.9 Å². The van der Waals surface area contributed by atoms with Crippen LogP contribution in [0, 0.1) is 10.5 Å². The van der Waals surface area contributed by atoms with Crippen molar-refractivity contribution in [3.8, 4) is 0 Å². The van der Waals surface area contributed by atoms with Gasteiger partial charge in [0.2, 0.25) is 0 Å². The normalized spacial score (nSPS) is 11.8. The molecule has 0 spiro atoms. The maximum Gasteiger partial charge on any atom is 0.416 e. The average Bonchev–Trinajstić information content (AvgIpc) is 1.94. The fourth-order valence-corrected chi connectivity index (χ4v) is 2.45. The van der Waals surface area contributed by atoms with E-state index in [1.807, 2.05) is 22.6 Å². The topological polar surface area (TPSA) is 0 Å². The van der Waals surface area contributed by atoms with Gasteiger partial charge >= 0.3 is 6.18 Å². The van der Waals surface area contributed by atoms with Gasteiger partial charge in [0.25, 0.3) is 0 Å². The molecule has 0 saturated heterocycles. The largest absolute Gasteiger partial charge is 0.416 e. The van der Waals surface area contributed by atoms with Crippen LogP contribution in [0.15, 0.2) is 16.6 Å². The van der Waals surface area contributed by atoms with Crippen LogP contribution >= 0.6 is 38.5 Å².